The van der Waals surface area contributed by atoms with Gasteiger partial charge in [0.15, 0.2) is 5.82 Å². The molecule has 2 unspecified atom stereocenters. The summed E-state index contributed by atoms with van der Waals surface area (Å²) in [6.07, 6.45) is 17.5. The van der Waals surface area contributed by atoms with Gasteiger partial charge in [0.2, 0.25) is 0 Å². The van der Waals surface area contributed by atoms with Crippen molar-refractivity contribution in [3.63, 3.8) is 0 Å². The van der Waals surface area contributed by atoms with Crippen LogP contribution in [0.5, 0.6) is 0 Å². The van der Waals surface area contributed by atoms with Crippen LogP contribution < -0.4 is 20.9 Å². The molecular weight excluding hydrogens is 703 g/mol. The monoisotopic (exact) mass is 741 g/mol. The Hall–Kier alpha value is -7.23. The lowest BCUT2D eigenvalue weighted by Crippen LogP contribution is -2.42. The highest BCUT2D eigenvalue weighted by molar-refractivity contribution is 5.97. The highest BCUT2D eigenvalue weighted by atomic mass is 14.9. The van der Waals surface area contributed by atoms with E-state index < -0.39 is 0 Å². The molecule has 2 aromatic heterocycles. The lowest BCUT2D eigenvalue weighted by Gasteiger charge is -2.34. The molecule has 58 heavy (non-hydrogen) atoms. The molecule has 2 atom stereocenters. The van der Waals surface area contributed by atoms with Crippen LogP contribution in [0.4, 0.5) is 0 Å². The molecular formula is C55H39N3. The van der Waals surface area contributed by atoms with Crippen LogP contribution in [0.25, 0.3) is 78.6 Å². The molecule has 274 valence electrons. The zero-order valence-electron chi connectivity index (χ0n) is 32.0. The fourth-order valence-corrected chi connectivity index (χ4v) is 9.42. The zero-order valence-corrected chi connectivity index (χ0v) is 32.0. The minimum Gasteiger partial charge on any atom is -0.264 e. The molecule has 2 heterocycles. The maximum absolute atomic E-state index is 5.36. The summed E-state index contributed by atoms with van der Waals surface area (Å²) >= 11 is 0. The Morgan fingerprint density at radius 1 is 0.483 bits per heavy atom. The fraction of sp³-hybridized carbons (Fsp3) is 0.0727. The number of rotatable bonds is 6. The molecule has 0 N–H and O–H groups in total. The quantitative estimate of drug-likeness (QED) is 0.170. The van der Waals surface area contributed by atoms with E-state index in [0.29, 0.717) is 5.82 Å². The summed E-state index contributed by atoms with van der Waals surface area (Å²) in [5, 5.41) is 7.71. The van der Waals surface area contributed by atoms with Crippen molar-refractivity contribution in [3.05, 3.63) is 221 Å². The summed E-state index contributed by atoms with van der Waals surface area (Å²) < 4.78 is 0. The normalized spacial score (nSPS) is 16.7. The van der Waals surface area contributed by atoms with Crippen LogP contribution in [-0.2, 0) is 0 Å². The van der Waals surface area contributed by atoms with Gasteiger partial charge in [0.05, 0.1) is 11.4 Å². The highest BCUT2D eigenvalue weighted by Crippen LogP contribution is 2.42. The predicted molar refractivity (Wildman–Crippen MR) is 239 cm³/mol. The number of benzene rings is 6. The van der Waals surface area contributed by atoms with E-state index in [-0.39, 0.29) is 11.8 Å². The van der Waals surface area contributed by atoms with Crippen LogP contribution in [0.3, 0.4) is 0 Å². The standard InChI is InChI=1S/C55H39N3/c1-3-20-43-37(13-1)15-10-26-45(43)52-34-51(39-30-28-36(29-31-39)42-19-12-32-56-35-42)57-55(58-52)41-18-9-17-40(33-41)53-47-22-5-7-24-49(47)54(50-25-8-6-23-48(50)53)46-27-11-16-38-14-2-4-21-44(38)46/h1-10,12-26,28-35,47,49H,11,27H2. The SMILES string of the molecule is C1=CC2C(C3=c4ccccc4=CCC3)=c3ccccc3=C(c3cccc(-c4nc(-c5ccc(-c6cccnc6)cc5)cc(-c5cccc6ccccc56)n4)c3)C2C=C1. The molecule has 0 radical (unpaired) electrons. The van der Waals surface area contributed by atoms with Crippen molar-refractivity contribution in [3.8, 4) is 45.0 Å². The minimum atomic E-state index is 0.188. The summed E-state index contributed by atoms with van der Waals surface area (Å²) in [5.41, 5.74) is 12.6. The van der Waals surface area contributed by atoms with Gasteiger partial charge < -0.3 is 0 Å². The molecule has 3 aliphatic carbocycles. The van der Waals surface area contributed by atoms with Gasteiger partial charge >= 0.3 is 0 Å². The zero-order chi connectivity index (χ0) is 38.4. The Kier molecular flexibility index (Phi) is 8.44. The van der Waals surface area contributed by atoms with Crippen LogP contribution in [0, 0.1) is 11.8 Å². The maximum atomic E-state index is 5.36. The smallest absolute Gasteiger partial charge is 0.160 e. The van der Waals surface area contributed by atoms with Gasteiger partial charge in [-0.3, -0.25) is 4.98 Å². The van der Waals surface area contributed by atoms with Crippen LogP contribution in [-0.4, -0.2) is 15.0 Å². The van der Waals surface area contributed by atoms with Crippen molar-refractivity contribution in [1.29, 1.82) is 0 Å². The number of nitrogens with zero attached hydrogens (tertiary/aromatic N) is 3. The second-order valence-electron chi connectivity index (χ2n) is 15.4. The first-order valence-corrected chi connectivity index (χ1v) is 20.2. The summed E-state index contributed by atoms with van der Waals surface area (Å²) in [5.74, 6) is 1.12. The van der Waals surface area contributed by atoms with E-state index in [2.05, 4.69) is 187 Å². The third-order valence-electron chi connectivity index (χ3n) is 12.1. The second kappa shape index (κ2) is 14.4. The molecule has 11 rings (SSSR count). The highest BCUT2D eigenvalue weighted by Gasteiger charge is 2.33. The maximum Gasteiger partial charge on any atom is 0.160 e. The third kappa shape index (κ3) is 5.95. The van der Waals surface area contributed by atoms with Crippen molar-refractivity contribution < 1.29 is 0 Å². The number of hydrogen-bond acceptors (Lipinski definition) is 3. The lowest BCUT2D eigenvalue weighted by atomic mass is 9.69. The van der Waals surface area contributed by atoms with E-state index >= 15 is 0 Å². The lowest BCUT2D eigenvalue weighted by molar-refractivity contribution is 0.688. The Balaban J connectivity index is 1.11. The van der Waals surface area contributed by atoms with Gasteiger partial charge in [-0.25, -0.2) is 9.97 Å². The molecule has 0 amide bonds. The molecule has 0 saturated heterocycles. The average Bonchev–Trinajstić information content (AvgIpc) is 3.30. The largest absolute Gasteiger partial charge is 0.264 e. The van der Waals surface area contributed by atoms with Crippen LogP contribution in [0.2, 0.25) is 0 Å². The molecule has 3 heteroatoms. The van der Waals surface area contributed by atoms with E-state index in [1.807, 2.05) is 12.3 Å². The van der Waals surface area contributed by atoms with E-state index in [0.717, 1.165) is 52.0 Å². The van der Waals surface area contributed by atoms with Gasteiger partial charge in [-0.15, -0.1) is 0 Å². The van der Waals surface area contributed by atoms with Gasteiger partial charge in [-0.1, -0.05) is 170 Å². The summed E-state index contributed by atoms with van der Waals surface area (Å²) in [4.78, 5) is 15.0. The number of pyridine rings is 1. The van der Waals surface area contributed by atoms with E-state index in [1.54, 1.807) is 6.20 Å². The van der Waals surface area contributed by atoms with Crippen molar-refractivity contribution in [2.45, 2.75) is 12.8 Å². The van der Waals surface area contributed by atoms with Gasteiger partial charge in [0.25, 0.3) is 0 Å². The van der Waals surface area contributed by atoms with Crippen molar-refractivity contribution in [2.24, 2.45) is 11.8 Å². The van der Waals surface area contributed by atoms with Crippen molar-refractivity contribution >= 4 is 33.6 Å². The van der Waals surface area contributed by atoms with Crippen molar-refractivity contribution in [2.75, 3.05) is 0 Å². The number of hydrogen-bond donors (Lipinski definition) is 0. The summed E-state index contributed by atoms with van der Waals surface area (Å²) in [6, 6.07) is 56.7. The first-order valence-electron chi connectivity index (χ1n) is 20.2. The summed E-state index contributed by atoms with van der Waals surface area (Å²) in [7, 11) is 0. The molecule has 0 bridgehead atoms. The Morgan fingerprint density at radius 3 is 2.00 bits per heavy atom. The molecule has 0 fully saturated rings. The molecule has 3 nitrogen and oxygen atoms in total. The fourth-order valence-electron chi connectivity index (χ4n) is 9.42. The van der Waals surface area contributed by atoms with E-state index in [4.69, 9.17) is 9.97 Å². The molecule has 0 saturated carbocycles. The molecule has 3 aliphatic rings. The van der Waals surface area contributed by atoms with Crippen LogP contribution >= 0.6 is 0 Å². The average molecular weight is 742 g/mol. The molecule has 0 spiro atoms. The first kappa shape index (κ1) is 34.1. The Bertz CT molecular complexity index is 3220. The molecule has 6 aromatic carbocycles. The summed E-state index contributed by atoms with van der Waals surface area (Å²) in [6.45, 7) is 0. The Morgan fingerprint density at radius 2 is 1.16 bits per heavy atom. The second-order valence-corrected chi connectivity index (χ2v) is 15.4. The van der Waals surface area contributed by atoms with E-state index in [9.17, 15) is 0 Å². The number of allylic oxidation sites excluding steroid dienone is 4. The van der Waals surface area contributed by atoms with Crippen molar-refractivity contribution in [1.82, 2.24) is 15.0 Å². The minimum absolute atomic E-state index is 0.188. The molecule has 8 aromatic rings. The number of aromatic nitrogens is 3. The Labute approximate surface area is 337 Å². The molecule has 0 aliphatic heterocycles. The van der Waals surface area contributed by atoms with Crippen LogP contribution in [0.15, 0.2) is 194 Å². The van der Waals surface area contributed by atoms with Gasteiger partial charge in [-0.2, -0.15) is 0 Å². The van der Waals surface area contributed by atoms with Gasteiger partial charge in [0.1, 0.15) is 0 Å². The van der Waals surface area contributed by atoms with Gasteiger partial charge in [0, 0.05) is 40.9 Å². The first-order chi connectivity index (χ1) is 28.8. The van der Waals surface area contributed by atoms with Crippen LogP contribution in [0.1, 0.15) is 18.4 Å². The van der Waals surface area contributed by atoms with E-state index in [1.165, 1.54) is 53.9 Å². The van der Waals surface area contributed by atoms with Gasteiger partial charge in [-0.05, 0) is 96.1 Å². The third-order valence-corrected chi connectivity index (χ3v) is 12.1. The number of fused-ring (bicyclic) bond motifs is 4. The predicted octanol–water partition coefficient (Wildman–Crippen LogP) is 9.84. The topological polar surface area (TPSA) is 38.7 Å².